The average molecular weight is 721 g/mol. The van der Waals surface area contributed by atoms with E-state index in [9.17, 15) is 0 Å². The number of aromatic amines is 1. The van der Waals surface area contributed by atoms with E-state index in [0.29, 0.717) is 0 Å². The SMILES string of the molecule is C=C.CC1(C)c2ccccc2N(c2ccccc2)c2ccc(/C=C/c3ccc4[nH]c5ccc(C(c6ccccc6)c6ccc7ccccc7c6)cc5c4c3)cc21. The zero-order chi connectivity index (χ0) is 38.2. The lowest BCUT2D eigenvalue weighted by Gasteiger charge is -2.42. The molecule has 8 aromatic carbocycles. The molecule has 1 aliphatic rings. The van der Waals surface area contributed by atoms with E-state index in [2.05, 4.69) is 231 Å². The van der Waals surface area contributed by atoms with Crippen LogP contribution < -0.4 is 4.90 Å². The molecule has 0 spiro atoms. The van der Waals surface area contributed by atoms with Crippen molar-refractivity contribution in [3.05, 3.63) is 234 Å². The lowest BCUT2D eigenvalue weighted by molar-refractivity contribution is 0.631. The van der Waals surface area contributed by atoms with Crippen molar-refractivity contribution < 1.29 is 0 Å². The van der Waals surface area contributed by atoms with Gasteiger partial charge in [0.05, 0.1) is 11.4 Å². The van der Waals surface area contributed by atoms with E-state index < -0.39 is 0 Å². The average Bonchev–Trinajstić information content (AvgIpc) is 3.62. The van der Waals surface area contributed by atoms with Gasteiger partial charge in [-0.05, 0) is 104 Å². The van der Waals surface area contributed by atoms with Gasteiger partial charge < -0.3 is 9.88 Å². The van der Waals surface area contributed by atoms with E-state index in [1.54, 1.807) is 0 Å². The highest BCUT2D eigenvalue weighted by Gasteiger charge is 2.36. The van der Waals surface area contributed by atoms with Crippen LogP contribution in [0.5, 0.6) is 0 Å². The van der Waals surface area contributed by atoms with Gasteiger partial charge in [-0.3, -0.25) is 0 Å². The number of hydrogen-bond donors (Lipinski definition) is 1. The molecule has 1 atom stereocenters. The molecule has 1 unspecified atom stereocenters. The van der Waals surface area contributed by atoms with Gasteiger partial charge in [-0.2, -0.15) is 0 Å². The summed E-state index contributed by atoms with van der Waals surface area (Å²) < 4.78 is 0. The zero-order valence-electron chi connectivity index (χ0n) is 31.9. The maximum Gasteiger partial charge on any atom is 0.0503 e. The van der Waals surface area contributed by atoms with Gasteiger partial charge in [0.25, 0.3) is 0 Å². The van der Waals surface area contributed by atoms with Crippen molar-refractivity contribution in [1.82, 2.24) is 4.98 Å². The summed E-state index contributed by atoms with van der Waals surface area (Å²) in [6.45, 7) is 10.7. The molecule has 1 aromatic heterocycles. The Morgan fingerprint density at radius 1 is 0.482 bits per heavy atom. The molecule has 2 heteroatoms. The van der Waals surface area contributed by atoms with E-state index in [1.807, 2.05) is 0 Å². The first-order valence-corrected chi connectivity index (χ1v) is 19.4. The molecule has 0 saturated heterocycles. The molecule has 0 fully saturated rings. The third-order valence-corrected chi connectivity index (χ3v) is 11.5. The van der Waals surface area contributed by atoms with Crippen molar-refractivity contribution >= 4 is 61.8 Å². The summed E-state index contributed by atoms with van der Waals surface area (Å²) in [4.78, 5) is 6.10. The van der Waals surface area contributed by atoms with Crippen LogP contribution in [0.25, 0.3) is 44.7 Å². The van der Waals surface area contributed by atoms with E-state index in [-0.39, 0.29) is 11.3 Å². The molecule has 1 N–H and O–H groups in total. The number of rotatable bonds is 6. The molecular formula is C54H44N2. The number of anilines is 3. The van der Waals surface area contributed by atoms with E-state index in [0.717, 1.165) is 11.0 Å². The van der Waals surface area contributed by atoms with Crippen LogP contribution in [0, 0.1) is 0 Å². The smallest absolute Gasteiger partial charge is 0.0503 e. The van der Waals surface area contributed by atoms with Crippen LogP contribution in [-0.4, -0.2) is 4.98 Å². The van der Waals surface area contributed by atoms with Crippen LogP contribution in [0.3, 0.4) is 0 Å². The molecule has 1 aliphatic heterocycles. The molecule has 0 amide bonds. The summed E-state index contributed by atoms with van der Waals surface area (Å²) in [7, 11) is 0. The second-order valence-electron chi connectivity index (χ2n) is 15.1. The lowest BCUT2D eigenvalue weighted by Crippen LogP contribution is -2.30. The predicted molar refractivity (Wildman–Crippen MR) is 241 cm³/mol. The molecule has 0 bridgehead atoms. The minimum atomic E-state index is -0.147. The second-order valence-corrected chi connectivity index (χ2v) is 15.1. The Morgan fingerprint density at radius 3 is 1.84 bits per heavy atom. The van der Waals surface area contributed by atoms with Crippen molar-refractivity contribution in [3.63, 3.8) is 0 Å². The van der Waals surface area contributed by atoms with Crippen molar-refractivity contribution in [2.75, 3.05) is 4.90 Å². The molecule has 0 aliphatic carbocycles. The summed E-state index contributed by atoms with van der Waals surface area (Å²) >= 11 is 0. The van der Waals surface area contributed by atoms with E-state index >= 15 is 0 Å². The minimum Gasteiger partial charge on any atom is -0.355 e. The Labute approximate surface area is 329 Å². The number of aromatic nitrogens is 1. The third kappa shape index (κ3) is 6.10. The molecule has 10 rings (SSSR count). The Morgan fingerprint density at radius 2 is 1.05 bits per heavy atom. The molecular weight excluding hydrogens is 677 g/mol. The van der Waals surface area contributed by atoms with Crippen LogP contribution in [0.1, 0.15) is 58.7 Å². The van der Waals surface area contributed by atoms with Gasteiger partial charge in [-0.15, -0.1) is 13.2 Å². The standard InChI is InChI=1S/C52H40N2.C2H4/c1-52(2)45-19-11-12-20-49(45)54(42-17-7-4-8-18-42)50-30-24-36(32-46(50)52)22-21-35-23-28-47-43(31-35)44-34-41(27-29-48(44)53-47)51(38-14-5-3-6-15-38)40-26-25-37-13-9-10-16-39(37)33-40;1-2/h3-34,51,53H,1-2H3;1-2H2/b22-21+;. The molecule has 0 radical (unpaired) electrons. The van der Waals surface area contributed by atoms with Gasteiger partial charge in [0, 0.05) is 38.8 Å². The second kappa shape index (κ2) is 14.4. The van der Waals surface area contributed by atoms with Gasteiger partial charge in [0.1, 0.15) is 0 Å². The summed E-state index contributed by atoms with van der Waals surface area (Å²) in [6.07, 6.45) is 4.51. The van der Waals surface area contributed by atoms with Crippen molar-refractivity contribution in [1.29, 1.82) is 0 Å². The first-order valence-electron chi connectivity index (χ1n) is 19.4. The van der Waals surface area contributed by atoms with E-state index in [1.165, 1.54) is 77.6 Å². The largest absolute Gasteiger partial charge is 0.355 e. The van der Waals surface area contributed by atoms with Crippen molar-refractivity contribution in [3.8, 4) is 0 Å². The highest BCUT2D eigenvalue weighted by Crippen LogP contribution is 2.52. The summed E-state index contributed by atoms with van der Waals surface area (Å²) in [6, 6.07) is 66.6. The molecule has 270 valence electrons. The number of H-pyrrole nitrogens is 1. The van der Waals surface area contributed by atoms with Gasteiger partial charge in [0.2, 0.25) is 0 Å². The van der Waals surface area contributed by atoms with E-state index in [4.69, 9.17) is 0 Å². The highest BCUT2D eigenvalue weighted by molar-refractivity contribution is 6.08. The van der Waals surface area contributed by atoms with Crippen LogP contribution >= 0.6 is 0 Å². The Hall–Kier alpha value is -6.90. The lowest BCUT2D eigenvalue weighted by atomic mass is 9.73. The monoisotopic (exact) mass is 720 g/mol. The maximum absolute atomic E-state index is 3.69. The Bertz CT molecular complexity index is 2880. The summed E-state index contributed by atoms with van der Waals surface area (Å²) in [5.41, 5.74) is 14.7. The fourth-order valence-electron chi connectivity index (χ4n) is 8.70. The molecule has 56 heavy (non-hydrogen) atoms. The number of nitrogens with zero attached hydrogens (tertiary/aromatic N) is 1. The fourth-order valence-corrected chi connectivity index (χ4v) is 8.70. The number of nitrogens with one attached hydrogen (secondary N) is 1. The number of fused-ring (bicyclic) bond motifs is 6. The first kappa shape index (κ1) is 34.8. The summed E-state index contributed by atoms with van der Waals surface area (Å²) in [5.74, 6) is 0.117. The maximum atomic E-state index is 3.69. The van der Waals surface area contributed by atoms with Crippen LogP contribution in [0.4, 0.5) is 17.1 Å². The quantitative estimate of drug-likeness (QED) is 0.103. The van der Waals surface area contributed by atoms with Gasteiger partial charge in [0.15, 0.2) is 0 Å². The fraction of sp³-hybridized carbons (Fsp3) is 0.0741. The van der Waals surface area contributed by atoms with Crippen molar-refractivity contribution in [2.45, 2.75) is 25.2 Å². The van der Waals surface area contributed by atoms with Crippen molar-refractivity contribution in [2.24, 2.45) is 0 Å². The molecule has 0 saturated carbocycles. The Balaban J connectivity index is 0.00000202. The first-order chi connectivity index (χ1) is 27.5. The van der Waals surface area contributed by atoms with Gasteiger partial charge in [-0.25, -0.2) is 0 Å². The van der Waals surface area contributed by atoms with Gasteiger partial charge in [-0.1, -0.05) is 153 Å². The number of hydrogen-bond acceptors (Lipinski definition) is 1. The highest BCUT2D eigenvalue weighted by atomic mass is 15.2. The van der Waals surface area contributed by atoms with Crippen LogP contribution in [0.15, 0.2) is 195 Å². The van der Waals surface area contributed by atoms with Gasteiger partial charge >= 0.3 is 0 Å². The minimum absolute atomic E-state index is 0.117. The van der Waals surface area contributed by atoms with Crippen LogP contribution in [-0.2, 0) is 5.41 Å². The zero-order valence-corrected chi connectivity index (χ0v) is 31.9. The molecule has 2 heterocycles. The Kier molecular flexibility index (Phi) is 8.96. The third-order valence-electron chi connectivity index (χ3n) is 11.5. The predicted octanol–water partition coefficient (Wildman–Crippen LogP) is 14.7. The normalized spacial score (nSPS) is 13.6. The molecule has 9 aromatic rings. The topological polar surface area (TPSA) is 19.0 Å². The summed E-state index contributed by atoms with van der Waals surface area (Å²) in [5, 5.41) is 5.01. The molecule has 2 nitrogen and oxygen atoms in total. The number of para-hydroxylation sites is 2. The number of benzene rings is 8. The van der Waals surface area contributed by atoms with Crippen LogP contribution in [0.2, 0.25) is 0 Å².